The zero-order valence-electron chi connectivity index (χ0n) is 14.5. The molecule has 6 nitrogen and oxygen atoms in total. The van der Waals surface area contributed by atoms with Crippen molar-refractivity contribution in [1.29, 1.82) is 0 Å². The van der Waals surface area contributed by atoms with Crippen LogP contribution in [0.25, 0.3) is 0 Å². The molecule has 0 atom stereocenters. The van der Waals surface area contributed by atoms with E-state index < -0.39 is 0 Å². The maximum Gasteiger partial charge on any atom is 0.332 e. The van der Waals surface area contributed by atoms with Gasteiger partial charge in [0.2, 0.25) is 0 Å². The summed E-state index contributed by atoms with van der Waals surface area (Å²) in [6, 6.07) is 7.45. The third-order valence-corrected chi connectivity index (χ3v) is 2.81. The Morgan fingerprint density at radius 2 is 1.17 bits per heavy atom. The van der Waals surface area contributed by atoms with Crippen molar-refractivity contribution >= 4 is 23.3 Å². The van der Waals surface area contributed by atoms with E-state index in [9.17, 15) is 9.59 Å². The van der Waals surface area contributed by atoms with Gasteiger partial charge in [0.25, 0.3) is 0 Å². The number of allylic oxidation sites excluding steroid dienone is 2. The first-order valence-electron chi connectivity index (χ1n) is 7.78. The number of benzene rings is 1. The monoisotopic (exact) mass is 332 g/mol. The maximum absolute atomic E-state index is 11.4. The van der Waals surface area contributed by atoms with Crippen molar-refractivity contribution in [1.82, 2.24) is 0 Å². The van der Waals surface area contributed by atoms with Gasteiger partial charge in [-0.25, -0.2) is 9.59 Å². The highest BCUT2D eigenvalue weighted by molar-refractivity contribution is 5.84. The largest absolute Gasteiger partial charge is 0.463 e. The Hall–Kier alpha value is -2.76. The molecule has 0 aromatic heterocycles. The van der Waals surface area contributed by atoms with Crippen LogP contribution >= 0.6 is 0 Å². The third kappa shape index (κ3) is 7.49. The molecule has 0 spiro atoms. The lowest BCUT2D eigenvalue weighted by Crippen LogP contribution is -2.05. The molecule has 1 rings (SSSR count). The minimum atomic E-state index is -0.375. The Morgan fingerprint density at radius 1 is 0.833 bits per heavy atom. The van der Waals surface area contributed by atoms with Gasteiger partial charge in [0.05, 0.1) is 13.2 Å². The summed E-state index contributed by atoms with van der Waals surface area (Å²) in [5.74, 6) is -0.749. The molecule has 0 amide bonds. The van der Waals surface area contributed by atoms with Crippen molar-refractivity contribution in [2.75, 3.05) is 23.8 Å². The summed E-state index contributed by atoms with van der Waals surface area (Å²) in [6.45, 7) is 7.80. The minimum absolute atomic E-state index is 0.349. The molecule has 0 aliphatic rings. The average Bonchev–Trinajstić information content (AvgIpc) is 2.49. The number of carbonyl (C=O) groups excluding carboxylic acids is 2. The van der Waals surface area contributed by atoms with Gasteiger partial charge in [-0.2, -0.15) is 0 Å². The fourth-order valence-electron chi connectivity index (χ4n) is 1.89. The van der Waals surface area contributed by atoms with E-state index in [1.807, 2.05) is 24.3 Å². The number of esters is 2. The minimum Gasteiger partial charge on any atom is -0.463 e. The molecule has 0 fully saturated rings. The van der Waals surface area contributed by atoms with Gasteiger partial charge in [-0.05, 0) is 52.0 Å². The van der Waals surface area contributed by atoms with Crippen LogP contribution in [0.2, 0.25) is 0 Å². The van der Waals surface area contributed by atoms with Crippen LogP contribution in [0.1, 0.15) is 27.7 Å². The molecule has 130 valence electrons. The lowest BCUT2D eigenvalue weighted by molar-refractivity contribution is -0.138. The topological polar surface area (TPSA) is 76.7 Å². The molecule has 1 aromatic carbocycles. The van der Waals surface area contributed by atoms with Gasteiger partial charge in [-0.1, -0.05) is 0 Å². The normalized spacial score (nSPS) is 11.7. The highest BCUT2D eigenvalue weighted by atomic mass is 16.5. The Morgan fingerprint density at radius 3 is 1.46 bits per heavy atom. The van der Waals surface area contributed by atoms with Crippen LogP contribution < -0.4 is 10.6 Å². The summed E-state index contributed by atoms with van der Waals surface area (Å²) < 4.78 is 9.71. The molecule has 0 unspecified atom stereocenters. The molecular formula is C18H24N2O4. The summed E-state index contributed by atoms with van der Waals surface area (Å²) in [7, 11) is 0. The number of carbonyl (C=O) groups is 2. The van der Waals surface area contributed by atoms with Crippen LogP contribution in [-0.2, 0) is 19.1 Å². The molecule has 1 aromatic rings. The van der Waals surface area contributed by atoms with Crippen molar-refractivity contribution in [3.05, 3.63) is 47.8 Å². The molecule has 0 radical (unpaired) electrons. The van der Waals surface area contributed by atoms with Crippen molar-refractivity contribution < 1.29 is 19.1 Å². The second-order valence-electron chi connectivity index (χ2n) is 4.99. The maximum atomic E-state index is 11.4. The summed E-state index contributed by atoms with van der Waals surface area (Å²) >= 11 is 0. The molecule has 0 aliphatic heterocycles. The summed E-state index contributed by atoms with van der Waals surface area (Å²) in [6.07, 6.45) is 2.81. The fraction of sp³-hybridized carbons (Fsp3) is 0.333. The molecule has 0 bridgehead atoms. The molecule has 2 N–H and O–H groups in total. The van der Waals surface area contributed by atoms with E-state index in [1.54, 1.807) is 27.7 Å². The SMILES string of the molecule is CCOC(=O)/C=C(\C)Nc1ccc(N/C(C)=C/C(=O)OCC)cc1. The van der Waals surface area contributed by atoms with Crippen LogP contribution in [0.15, 0.2) is 47.8 Å². The number of anilines is 2. The summed E-state index contributed by atoms with van der Waals surface area (Å²) in [5.41, 5.74) is 3.05. The van der Waals surface area contributed by atoms with E-state index in [0.717, 1.165) is 11.4 Å². The summed E-state index contributed by atoms with van der Waals surface area (Å²) in [4.78, 5) is 22.7. The molecule has 0 aliphatic carbocycles. The molecule has 24 heavy (non-hydrogen) atoms. The van der Waals surface area contributed by atoms with Gasteiger partial charge in [-0.15, -0.1) is 0 Å². The zero-order chi connectivity index (χ0) is 17.9. The number of nitrogens with one attached hydrogen (secondary N) is 2. The van der Waals surface area contributed by atoms with Gasteiger partial charge in [0, 0.05) is 34.9 Å². The van der Waals surface area contributed by atoms with Gasteiger partial charge in [-0.3, -0.25) is 0 Å². The van der Waals surface area contributed by atoms with Gasteiger partial charge in [0.1, 0.15) is 0 Å². The van der Waals surface area contributed by atoms with Crippen LogP contribution in [-0.4, -0.2) is 25.2 Å². The zero-order valence-corrected chi connectivity index (χ0v) is 14.5. The Kier molecular flexibility index (Phi) is 8.11. The predicted octanol–water partition coefficient (Wildman–Crippen LogP) is 3.44. The van der Waals surface area contributed by atoms with E-state index in [0.29, 0.717) is 24.6 Å². The van der Waals surface area contributed by atoms with Crippen molar-refractivity contribution in [2.45, 2.75) is 27.7 Å². The van der Waals surface area contributed by atoms with Crippen LogP contribution in [0.5, 0.6) is 0 Å². The molecular weight excluding hydrogens is 308 g/mol. The van der Waals surface area contributed by atoms with E-state index in [4.69, 9.17) is 9.47 Å². The van der Waals surface area contributed by atoms with Crippen LogP contribution in [0.4, 0.5) is 11.4 Å². The highest BCUT2D eigenvalue weighted by Crippen LogP contribution is 2.16. The van der Waals surface area contributed by atoms with Crippen LogP contribution in [0, 0.1) is 0 Å². The van der Waals surface area contributed by atoms with Crippen molar-refractivity contribution in [3.8, 4) is 0 Å². The number of hydrogen-bond donors (Lipinski definition) is 2. The van der Waals surface area contributed by atoms with E-state index in [-0.39, 0.29) is 11.9 Å². The lowest BCUT2D eigenvalue weighted by atomic mass is 10.2. The third-order valence-electron chi connectivity index (χ3n) is 2.81. The second kappa shape index (κ2) is 10.1. The average molecular weight is 332 g/mol. The molecule has 0 saturated carbocycles. The standard InChI is InChI=1S/C18H24N2O4/c1-5-23-17(21)11-13(3)19-15-7-9-16(10-8-15)20-14(4)12-18(22)24-6-2/h7-12,19-20H,5-6H2,1-4H3/b13-11+,14-12+. The van der Waals surface area contributed by atoms with Gasteiger partial charge < -0.3 is 20.1 Å². The first-order chi connectivity index (χ1) is 11.4. The fourth-order valence-corrected chi connectivity index (χ4v) is 1.89. The van der Waals surface area contributed by atoms with Crippen LogP contribution in [0.3, 0.4) is 0 Å². The summed E-state index contributed by atoms with van der Waals surface area (Å²) in [5, 5.41) is 6.21. The highest BCUT2D eigenvalue weighted by Gasteiger charge is 2.01. The Labute approximate surface area is 142 Å². The second-order valence-corrected chi connectivity index (χ2v) is 4.99. The quantitative estimate of drug-likeness (QED) is 0.561. The smallest absolute Gasteiger partial charge is 0.332 e. The van der Waals surface area contributed by atoms with Gasteiger partial charge >= 0.3 is 11.9 Å². The number of hydrogen-bond acceptors (Lipinski definition) is 6. The van der Waals surface area contributed by atoms with Crippen molar-refractivity contribution in [2.24, 2.45) is 0 Å². The predicted molar refractivity (Wildman–Crippen MR) is 94.5 cm³/mol. The first-order valence-corrected chi connectivity index (χ1v) is 7.78. The lowest BCUT2D eigenvalue weighted by Gasteiger charge is -2.10. The Bertz CT molecular complexity index is 563. The first kappa shape index (κ1) is 19.3. The molecule has 0 heterocycles. The number of ether oxygens (including phenoxy) is 2. The number of rotatable bonds is 8. The van der Waals surface area contributed by atoms with Crippen molar-refractivity contribution in [3.63, 3.8) is 0 Å². The van der Waals surface area contributed by atoms with E-state index >= 15 is 0 Å². The Balaban J connectivity index is 2.63. The van der Waals surface area contributed by atoms with E-state index in [2.05, 4.69) is 10.6 Å². The molecule has 0 saturated heterocycles. The molecule has 6 heteroatoms. The van der Waals surface area contributed by atoms with E-state index in [1.165, 1.54) is 12.2 Å². The van der Waals surface area contributed by atoms with Gasteiger partial charge in [0.15, 0.2) is 0 Å².